The Balaban J connectivity index is 1.78. The molecule has 2 atom stereocenters. The van der Waals surface area contributed by atoms with Crippen LogP contribution < -0.4 is 5.32 Å². The number of nitrogens with one attached hydrogen (secondary N) is 1. The SMILES string of the molecule is Cc1ccc2c(c1)C(N[C@@H](C)c1ccccc1)CC2. The van der Waals surface area contributed by atoms with Gasteiger partial charge in [-0.3, -0.25) is 0 Å². The number of hydrogen-bond acceptors (Lipinski definition) is 1. The fourth-order valence-electron chi connectivity index (χ4n) is 3.03. The summed E-state index contributed by atoms with van der Waals surface area (Å²) >= 11 is 0. The summed E-state index contributed by atoms with van der Waals surface area (Å²) < 4.78 is 0. The summed E-state index contributed by atoms with van der Waals surface area (Å²) in [6.07, 6.45) is 2.42. The van der Waals surface area contributed by atoms with Gasteiger partial charge in [0.2, 0.25) is 0 Å². The van der Waals surface area contributed by atoms with E-state index in [-0.39, 0.29) is 0 Å². The van der Waals surface area contributed by atoms with Crippen LogP contribution in [-0.2, 0) is 6.42 Å². The molecule has 1 nitrogen and oxygen atoms in total. The van der Waals surface area contributed by atoms with Crippen molar-refractivity contribution in [3.8, 4) is 0 Å². The summed E-state index contributed by atoms with van der Waals surface area (Å²) in [5, 5.41) is 3.78. The summed E-state index contributed by atoms with van der Waals surface area (Å²) in [5.74, 6) is 0. The minimum absolute atomic E-state index is 0.401. The third-order valence-electron chi connectivity index (χ3n) is 4.13. The molecule has 0 saturated carbocycles. The summed E-state index contributed by atoms with van der Waals surface area (Å²) in [6.45, 7) is 4.43. The van der Waals surface area contributed by atoms with Crippen LogP contribution in [0, 0.1) is 6.92 Å². The maximum Gasteiger partial charge on any atom is 0.0331 e. The molecule has 1 aliphatic carbocycles. The lowest BCUT2D eigenvalue weighted by Crippen LogP contribution is -2.23. The lowest BCUT2D eigenvalue weighted by molar-refractivity contribution is 0.465. The van der Waals surface area contributed by atoms with Gasteiger partial charge in [-0.1, -0.05) is 54.1 Å². The maximum atomic E-state index is 3.78. The highest BCUT2D eigenvalue weighted by molar-refractivity contribution is 5.38. The molecule has 1 aliphatic rings. The zero-order chi connectivity index (χ0) is 13.2. The molecule has 1 unspecified atom stereocenters. The van der Waals surface area contributed by atoms with Gasteiger partial charge in [-0.25, -0.2) is 0 Å². The van der Waals surface area contributed by atoms with Crippen LogP contribution in [0.15, 0.2) is 48.5 Å². The molecule has 0 bridgehead atoms. The van der Waals surface area contributed by atoms with Crippen LogP contribution in [0.25, 0.3) is 0 Å². The molecule has 0 spiro atoms. The van der Waals surface area contributed by atoms with E-state index in [2.05, 4.69) is 67.7 Å². The predicted octanol–water partition coefficient (Wildman–Crippen LogP) is 4.33. The zero-order valence-corrected chi connectivity index (χ0v) is 11.7. The van der Waals surface area contributed by atoms with Crippen LogP contribution in [0.2, 0.25) is 0 Å². The third kappa shape index (κ3) is 2.57. The molecule has 3 rings (SSSR count). The van der Waals surface area contributed by atoms with Gasteiger partial charge < -0.3 is 5.32 Å². The number of hydrogen-bond donors (Lipinski definition) is 1. The van der Waals surface area contributed by atoms with E-state index in [1.54, 1.807) is 0 Å². The summed E-state index contributed by atoms with van der Waals surface area (Å²) in [7, 11) is 0. The molecule has 98 valence electrons. The first kappa shape index (κ1) is 12.4. The molecule has 1 heteroatoms. The normalized spacial score (nSPS) is 19.2. The van der Waals surface area contributed by atoms with E-state index in [1.807, 2.05) is 0 Å². The van der Waals surface area contributed by atoms with Crippen LogP contribution in [0.3, 0.4) is 0 Å². The first-order valence-electron chi connectivity index (χ1n) is 7.14. The second-order valence-corrected chi connectivity index (χ2v) is 5.59. The molecule has 0 radical (unpaired) electrons. The van der Waals surface area contributed by atoms with Gasteiger partial charge in [0.25, 0.3) is 0 Å². The Labute approximate surface area is 115 Å². The fraction of sp³-hybridized carbons (Fsp3) is 0.333. The number of rotatable bonds is 3. The monoisotopic (exact) mass is 251 g/mol. The van der Waals surface area contributed by atoms with Crippen molar-refractivity contribution in [2.24, 2.45) is 0 Å². The van der Waals surface area contributed by atoms with Crippen LogP contribution in [0.1, 0.15) is 47.7 Å². The van der Waals surface area contributed by atoms with E-state index in [0.717, 1.165) is 0 Å². The van der Waals surface area contributed by atoms with E-state index in [9.17, 15) is 0 Å². The van der Waals surface area contributed by atoms with Crippen LogP contribution in [-0.4, -0.2) is 0 Å². The highest BCUT2D eigenvalue weighted by Crippen LogP contribution is 2.33. The van der Waals surface area contributed by atoms with Gasteiger partial charge in [0.15, 0.2) is 0 Å². The Kier molecular flexibility index (Phi) is 3.39. The van der Waals surface area contributed by atoms with E-state index in [4.69, 9.17) is 0 Å². The van der Waals surface area contributed by atoms with Gasteiger partial charge in [-0.2, -0.15) is 0 Å². The minimum atomic E-state index is 0.401. The average molecular weight is 251 g/mol. The predicted molar refractivity (Wildman–Crippen MR) is 80.2 cm³/mol. The van der Waals surface area contributed by atoms with Crippen molar-refractivity contribution >= 4 is 0 Å². The first-order valence-corrected chi connectivity index (χ1v) is 7.14. The standard InChI is InChI=1S/C18H21N/c1-13-8-9-16-10-11-18(17(16)12-13)19-14(2)15-6-4-3-5-7-15/h3-9,12,14,18-19H,10-11H2,1-2H3/t14-,18?/m0/s1. The van der Waals surface area contributed by atoms with Crippen molar-refractivity contribution < 1.29 is 0 Å². The van der Waals surface area contributed by atoms with E-state index >= 15 is 0 Å². The molecule has 0 saturated heterocycles. The second kappa shape index (κ2) is 5.18. The van der Waals surface area contributed by atoms with Gasteiger partial charge in [0.05, 0.1) is 0 Å². The molecule has 0 fully saturated rings. The highest BCUT2D eigenvalue weighted by Gasteiger charge is 2.23. The molecule has 2 aromatic carbocycles. The number of fused-ring (bicyclic) bond motifs is 1. The number of benzene rings is 2. The lowest BCUT2D eigenvalue weighted by atomic mass is 10.0. The molecule has 2 aromatic rings. The van der Waals surface area contributed by atoms with Crippen molar-refractivity contribution in [1.82, 2.24) is 5.32 Å². The molecular formula is C18H21N. The van der Waals surface area contributed by atoms with E-state index in [0.29, 0.717) is 12.1 Å². The summed E-state index contributed by atoms with van der Waals surface area (Å²) in [4.78, 5) is 0. The summed E-state index contributed by atoms with van der Waals surface area (Å²) in [5.41, 5.74) is 5.74. The molecule has 0 amide bonds. The van der Waals surface area contributed by atoms with Gasteiger partial charge in [0.1, 0.15) is 0 Å². The Bertz CT molecular complexity index is 559. The largest absolute Gasteiger partial charge is 0.303 e. The molecule has 19 heavy (non-hydrogen) atoms. The Morgan fingerprint density at radius 2 is 1.89 bits per heavy atom. The van der Waals surface area contributed by atoms with Gasteiger partial charge in [0, 0.05) is 12.1 Å². The van der Waals surface area contributed by atoms with Crippen molar-refractivity contribution in [1.29, 1.82) is 0 Å². The average Bonchev–Trinajstić information content (AvgIpc) is 2.82. The van der Waals surface area contributed by atoms with Crippen LogP contribution in [0.4, 0.5) is 0 Å². The molecular weight excluding hydrogens is 230 g/mol. The van der Waals surface area contributed by atoms with Gasteiger partial charge in [-0.15, -0.1) is 0 Å². The van der Waals surface area contributed by atoms with Gasteiger partial charge in [-0.05, 0) is 43.4 Å². The zero-order valence-electron chi connectivity index (χ0n) is 11.7. The van der Waals surface area contributed by atoms with Crippen molar-refractivity contribution in [3.63, 3.8) is 0 Å². The van der Waals surface area contributed by atoms with Crippen molar-refractivity contribution in [2.75, 3.05) is 0 Å². The molecule has 0 aromatic heterocycles. The Hall–Kier alpha value is -1.60. The molecule has 1 N–H and O–H groups in total. The fourth-order valence-corrected chi connectivity index (χ4v) is 3.03. The number of aryl methyl sites for hydroxylation is 2. The molecule has 0 heterocycles. The molecule has 0 aliphatic heterocycles. The van der Waals surface area contributed by atoms with E-state index < -0.39 is 0 Å². The maximum absolute atomic E-state index is 3.78. The Morgan fingerprint density at radius 3 is 2.68 bits per heavy atom. The lowest BCUT2D eigenvalue weighted by Gasteiger charge is -2.21. The second-order valence-electron chi connectivity index (χ2n) is 5.59. The van der Waals surface area contributed by atoms with Gasteiger partial charge >= 0.3 is 0 Å². The highest BCUT2D eigenvalue weighted by atomic mass is 14.9. The Morgan fingerprint density at radius 1 is 1.11 bits per heavy atom. The minimum Gasteiger partial charge on any atom is -0.303 e. The van der Waals surface area contributed by atoms with Crippen LogP contribution >= 0.6 is 0 Å². The quantitative estimate of drug-likeness (QED) is 0.856. The summed E-state index contributed by atoms with van der Waals surface area (Å²) in [6, 6.07) is 18.5. The van der Waals surface area contributed by atoms with Crippen molar-refractivity contribution in [2.45, 2.75) is 38.8 Å². The third-order valence-corrected chi connectivity index (χ3v) is 4.13. The smallest absolute Gasteiger partial charge is 0.0331 e. The topological polar surface area (TPSA) is 12.0 Å². The van der Waals surface area contributed by atoms with Crippen LogP contribution in [0.5, 0.6) is 0 Å². The first-order chi connectivity index (χ1) is 9.24. The van der Waals surface area contributed by atoms with Crippen molar-refractivity contribution in [3.05, 3.63) is 70.8 Å². The van der Waals surface area contributed by atoms with E-state index in [1.165, 1.54) is 35.1 Å².